The molecule has 2 unspecified atom stereocenters. The number of hydrogen-bond acceptors (Lipinski definition) is 4. The van der Waals surface area contributed by atoms with Crippen LogP contribution in [0.2, 0.25) is 0 Å². The maximum Gasteiger partial charge on any atom is 0.228 e. The number of nitriles is 1. The van der Waals surface area contributed by atoms with E-state index in [4.69, 9.17) is 5.73 Å². The summed E-state index contributed by atoms with van der Waals surface area (Å²) in [5.41, 5.74) is 5.35. The number of rotatable bonds is 7. The summed E-state index contributed by atoms with van der Waals surface area (Å²) in [6, 6.07) is 11.9. The minimum atomic E-state index is -0.862. The molecular formula is C18H23N4O2. The summed E-state index contributed by atoms with van der Waals surface area (Å²) in [7, 11) is 0. The zero-order valence-electron chi connectivity index (χ0n) is 13.9. The fraction of sp³-hybridized carbons (Fsp3) is 0.444. The Kier molecular flexibility index (Phi) is 5.93. The standard InChI is InChI=1S/C18H23N4O2/c1-14(17(20)24)7-8-16(23)22(11-15-5-3-2-4-6-15)18(12-19)9-10-21-13-18/h2-6,8,14,21H,7,9-11,13H2,1H3,(H2,20,24). The highest BCUT2D eigenvalue weighted by atomic mass is 16.2. The van der Waals surface area contributed by atoms with Crippen molar-refractivity contribution in [3.05, 3.63) is 42.3 Å². The van der Waals surface area contributed by atoms with Gasteiger partial charge in [-0.1, -0.05) is 37.3 Å². The van der Waals surface area contributed by atoms with Gasteiger partial charge in [-0.3, -0.25) is 9.59 Å². The highest BCUT2D eigenvalue weighted by Crippen LogP contribution is 2.26. The van der Waals surface area contributed by atoms with Crippen molar-refractivity contribution in [2.24, 2.45) is 11.7 Å². The first kappa shape index (κ1) is 18.0. The van der Waals surface area contributed by atoms with Crippen molar-refractivity contribution in [2.45, 2.75) is 31.8 Å². The topological polar surface area (TPSA) is 99.2 Å². The maximum absolute atomic E-state index is 12.8. The smallest absolute Gasteiger partial charge is 0.228 e. The molecule has 1 aromatic rings. The SMILES string of the molecule is CC(C[CH]C(=O)N(Cc1ccccc1)C1(C#N)CCNC1)C(N)=O. The van der Waals surface area contributed by atoms with Gasteiger partial charge in [0.1, 0.15) is 5.54 Å². The van der Waals surface area contributed by atoms with Crippen LogP contribution in [-0.4, -0.2) is 35.3 Å². The van der Waals surface area contributed by atoms with Gasteiger partial charge in [0.15, 0.2) is 0 Å². The molecule has 2 atom stereocenters. The van der Waals surface area contributed by atoms with E-state index in [1.807, 2.05) is 30.3 Å². The number of carbonyl (C=O) groups is 2. The van der Waals surface area contributed by atoms with E-state index in [-0.39, 0.29) is 12.3 Å². The fourth-order valence-electron chi connectivity index (χ4n) is 2.78. The molecule has 0 aromatic heterocycles. The molecular weight excluding hydrogens is 304 g/mol. The average molecular weight is 327 g/mol. The van der Waals surface area contributed by atoms with Crippen LogP contribution < -0.4 is 11.1 Å². The number of hydrogen-bond donors (Lipinski definition) is 2. The van der Waals surface area contributed by atoms with E-state index in [0.29, 0.717) is 26.1 Å². The molecule has 1 radical (unpaired) electrons. The summed E-state index contributed by atoms with van der Waals surface area (Å²) < 4.78 is 0. The van der Waals surface area contributed by atoms with Gasteiger partial charge in [-0.2, -0.15) is 5.26 Å². The lowest BCUT2D eigenvalue weighted by Gasteiger charge is -2.35. The Morgan fingerprint density at radius 1 is 1.46 bits per heavy atom. The van der Waals surface area contributed by atoms with Gasteiger partial charge in [-0.25, -0.2) is 0 Å². The van der Waals surface area contributed by atoms with Gasteiger partial charge in [0.25, 0.3) is 0 Å². The first-order valence-corrected chi connectivity index (χ1v) is 8.08. The van der Waals surface area contributed by atoms with Crippen molar-refractivity contribution in [1.29, 1.82) is 5.26 Å². The summed E-state index contributed by atoms with van der Waals surface area (Å²) in [5.74, 6) is -1.09. The molecule has 3 N–H and O–H groups in total. The third kappa shape index (κ3) is 4.12. The Labute approximate surface area is 142 Å². The predicted molar refractivity (Wildman–Crippen MR) is 90.1 cm³/mol. The van der Waals surface area contributed by atoms with Crippen molar-refractivity contribution in [3.8, 4) is 6.07 Å². The largest absolute Gasteiger partial charge is 0.369 e. The normalized spacial score (nSPS) is 21.0. The van der Waals surface area contributed by atoms with Gasteiger partial charge in [0, 0.05) is 19.0 Å². The molecule has 2 rings (SSSR count). The molecule has 127 valence electrons. The maximum atomic E-state index is 12.8. The zero-order valence-corrected chi connectivity index (χ0v) is 13.9. The summed E-state index contributed by atoms with van der Waals surface area (Å²) in [5, 5.41) is 12.9. The molecule has 24 heavy (non-hydrogen) atoms. The number of benzene rings is 1. The number of nitrogens with zero attached hydrogens (tertiary/aromatic N) is 2. The number of nitrogens with two attached hydrogens (primary N) is 1. The lowest BCUT2D eigenvalue weighted by atomic mass is 9.95. The van der Waals surface area contributed by atoms with Crippen molar-refractivity contribution in [3.63, 3.8) is 0 Å². The molecule has 0 spiro atoms. The van der Waals surface area contributed by atoms with E-state index in [1.165, 1.54) is 6.42 Å². The number of primary amides is 1. The van der Waals surface area contributed by atoms with Crippen molar-refractivity contribution < 1.29 is 9.59 Å². The van der Waals surface area contributed by atoms with Crippen LogP contribution in [-0.2, 0) is 16.1 Å². The molecule has 0 bridgehead atoms. The minimum absolute atomic E-state index is 0.239. The zero-order chi connectivity index (χ0) is 17.6. The summed E-state index contributed by atoms with van der Waals surface area (Å²) in [6.07, 6.45) is 2.32. The number of amides is 2. The monoisotopic (exact) mass is 327 g/mol. The van der Waals surface area contributed by atoms with Gasteiger partial charge >= 0.3 is 0 Å². The highest BCUT2D eigenvalue weighted by molar-refractivity contribution is 5.87. The first-order chi connectivity index (χ1) is 11.5. The van der Waals surface area contributed by atoms with Crippen molar-refractivity contribution >= 4 is 11.8 Å². The molecule has 0 saturated carbocycles. The van der Waals surface area contributed by atoms with Gasteiger partial charge in [-0.05, 0) is 24.9 Å². The van der Waals surface area contributed by atoms with Gasteiger partial charge in [0.05, 0.1) is 12.5 Å². The second-order valence-electron chi connectivity index (χ2n) is 6.22. The molecule has 1 saturated heterocycles. The molecule has 1 heterocycles. The van der Waals surface area contributed by atoms with Gasteiger partial charge in [-0.15, -0.1) is 0 Å². The number of carbonyl (C=O) groups excluding carboxylic acids is 2. The van der Waals surface area contributed by atoms with Crippen LogP contribution in [0.3, 0.4) is 0 Å². The molecule has 1 aromatic carbocycles. The lowest BCUT2D eigenvalue weighted by molar-refractivity contribution is -0.132. The Bertz CT molecular complexity index is 618. The van der Waals surface area contributed by atoms with Crippen LogP contribution in [0, 0.1) is 23.7 Å². The minimum Gasteiger partial charge on any atom is -0.369 e. The second kappa shape index (κ2) is 7.93. The van der Waals surface area contributed by atoms with Crippen LogP contribution in [0.1, 0.15) is 25.3 Å². The van der Waals surface area contributed by atoms with Crippen LogP contribution in [0.5, 0.6) is 0 Å². The van der Waals surface area contributed by atoms with E-state index < -0.39 is 17.4 Å². The van der Waals surface area contributed by atoms with E-state index in [1.54, 1.807) is 11.8 Å². The van der Waals surface area contributed by atoms with Crippen molar-refractivity contribution in [2.75, 3.05) is 13.1 Å². The molecule has 2 amide bonds. The molecule has 1 aliphatic rings. The molecule has 6 nitrogen and oxygen atoms in total. The van der Waals surface area contributed by atoms with Crippen LogP contribution in [0.4, 0.5) is 0 Å². The molecule has 1 aliphatic heterocycles. The van der Waals surface area contributed by atoms with Crippen LogP contribution in [0.15, 0.2) is 30.3 Å². The highest BCUT2D eigenvalue weighted by Gasteiger charge is 2.42. The fourth-order valence-corrected chi connectivity index (χ4v) is 2.78. The van der Waals surface area contributed by atoms with E-state index >= 15 is 0 Å². The average Bonchev–Trinajstić information content (AvgIpc) is 3.08. The Balaban J connectivity index is 2.17. The first-order valence-electron chi connectivity index (χ1n) is 8.08. The quantitative estimate of drug-likeness (QED) is 0.780. The van der Waals surface area contributed by atoms with E-state index in [2.05, 4.69) is 11.4 Å². The van der Waals surface area contributed by atoms with Gasteiger partial charge < -0.3 is 16.0 Å². The summed E-state index contributed by atoms with van der Waals surface area (Å²) in [6.45, 7) is 3.19. The van der Waals surface area contributed by atoms with Crippen molar-refractivity contribution in [1.82, 2.24) is 10.2 Å². The predicted octanol–water partition coefficient (Wildman–Crippen LogP) is 0.987. The van der Waals surface area contributed by atoms with Gasteiger partial charge in [0.2, 0.25) is 11.8 Å². The third-order valence-electron chi connectivity index (χ3n) is 4.44. The molecule has 6 heteroatoms. The van der Waals surface area contributed by atoms with Crippen LogP contribution >= 0.6 is 0 Å². The number of nitrogens with one attached hydrogen (secondary N) is 1. The summed E-state index contributed by atoms with van der Waals surface area (Å²) >= 11 is 0. The van der Waals surface area contributed by atoms with E-state index in [9.17, 15) is 14.9 Å². The third-order valence-corrected chi connectivity index (χ3v) is 4.44. The van der Waals surface area contributed by atoms with E-state index in [0.717, 1.165) is 5.56 Å². The lowest BCUT2D eigenvalue weighted by Crippen LogP contribution is -2.52. The second-order valence-corrected chi connectivity index (χ2v) is 6.22. The Hall–Kier alpha value is -2.39. The Morgan fingerprint density at radius 2 is 2.17 bits per heavy atom. The molecule has 1 fully saturated rings. The Morgan fingerprint density at radius 3 is 2.71 bits per heavy atom. The summed E-state index contributed by atoms with van der Waals surface area (Å²) in [4.78, 5) is 25.5. The molecule has 0 aliphatic carbocycles. The van der Waals surface area contributed by atoms with Crippen LogP contribution in [0.25, 0.3) is 0 Å².